The predicted molar refractivity (Wildman–Crippen MR) is 154 cm³/mol. The predicted octanol–water partition coefficient (Wildman–Crippen LogP) is 3.25. The van der Waals surface area contributed by atoms with Crippen molar-refractivity contribution in [2.24, 2.45) is 0 Å². The summed E-state index contributed by atoms with van der Waals surface area (Å²) in [4.78, 5) is 36.8. The highest BCUT2D eigenvalue weighted by molar-refractivity contribution is 7.49. The number of hydrogen-bond donors (Lipinski definition) is 2. The summed E-state index contributed by atoms with van der Waals surface area (Å²) >= 11 is 0. The number of hydrogen-bond acceptors (Lipinski definition) is 14. The maximum absolute atomic E-state index is 16.5. The van der Waals surface area contributed by atoms with Gasteiger partial charge in [-0.15, -0.1) is 0 Å². The second kappa shape index (κ2) is 12.7. The monoisotopic (exact) mass is 652 g/mol. The molecule has 4 heterocycles. The second-order valence-electron chi connectivity index (χ2n) is 10.7. The van der Waals surface area contributed by atoms with Gasteiger partial charge in [-0.3, -0.25) is 13.6 Å². The molecule has 2 fully saturated rings. The number of ether oxygens (including phenoxy) is 4. The zero-order valence-corrected chi connectivity index (χ0v) is 26.1. The van der Waals surface area contributed by atoms with Crippen LogP contribution >= 0.6 is 7.82 Å². The van der Waals surface area contributed by atoms with Crippen LogP contribution in [0.5, 0.6) is 11.6 Å². The van der Waals surface area contributed by atoms with Crippen molar-refractivity contribution in [3.05, 3.63) is 36.2 Å². The molecule has 0 saturated carbocycles. The van der Waals surface area contributed by atoms with E-state index in [1.165, 1.54) is 37.1 Å². The first-order valence-electron chi connectivity index (χ1n) is 14.1. The number of alkyl halides is 1. The number of aromatic nitrogens is 4. The number of benzene rings is 1. The number of fused-ring (bicyclic) bond motifs is 2. The SMILES string of the molecule is CCOc1nc(N)nc2c1ncn2[C@@H]1O[C@@H]2COP(=O)(Oc3ccc(C[C@H](NC(=O)OC)C(=O)OC(C)C)cc3)O[C@H]2[C@@]1(C)F. The van der Waals surface area contributed by atoms with Gasteiger partial charge >= 0.3 is 19.9 Å². The maximum atomic E-state index is 16.5. The minimum absolute atomic E-state index is 0.0693. The Bertz CT molecular complexity index is 1600. The minimum atomic E-state index is -4.32. The summed E-state index contributed by atoms with van der Waals surface area (Å²) in [6.45, 7) is 6.39. The molecule has 2 saturated heterocycles. The highest BCUT2D eigenvalue weighted by Gasteiger charge is 2.62. The molecule has 45 heavy (non-hydrogen) atoms. The maximum Gasteiger partial charge on any atom is 0.530 e. The lowest BCUT2D eigenvalue weighted by atomic mass is 9.98. The molecule has 244 valence electrons. The molecular formula is C27H34FN6O10P. The zero-order chi connectivity index (χ0) is 32.5. The van der Waals surface area contributed by atoms with E-state index in [2.05, 4.69) is 25.0 Å². The molecule has 3 N–H and O–H groups in total. The third-order valence-corrected chi connectivity index (χ3v) is 8.34. The molecule has 2 aromatic heterocycles. The second-order valence-corrected chi connectivity index (χ2v) is 12.3. The summed E-state index contributed by atoms with van der Waals surface area (Å²) in [6.07, 6.45) is -3.38. The quantitative estimate of drug-likeness (QED) is 0.239. The van der Waals surface area contributed by atoms with Gasteiger partial charge in [-0.05, 0) is 45.4 Å². The van der Waals surface area contributed by atoms with Crippen LogP contribution < -0.4 is 20.3 Å². The molecule has 2 aliphatic rings. The van der Waals surface area contributed by atoms with E-state index in [1.807, 2.05) is 0 Å². The van der Waals surface area contributed by atoms with Gasteiger partial charge in [0.2, 0.25) is 11.8 Å². The lowest BCUT2D eigenvalue weighted by Gasteiger charge is -2.33. The highest BCUT2D eigenvalue weighted by atomic mass is 31.2. The number of anilines is 1. The van der Waals surface area contributed by atoms with E-state index in [0.717, 1.165) is 0 Å². The number of rotatable bonds is 10. The number of carbonyl (C=O) groups excluding carboxylic acids is 2. The topological polar surface area (TPSA) is 197 Å². The number of nitrogens with zero attached hydrogens (tertiary/aromatic N) is 4. The van der Waals surface area contributed by atoms with Gasteiger partial charge in [-0.2, -0.15) is 9.97 Å². The number of phosphoric acid groups is 1. The Morgan fingerprint density at radius 2 is 2.00 bits per heavy atom. The molecule has 18 heteroatoms. The van der Waals surface area contributed by atoms with Crippen LogP contribution in [0.2, 0.25) is 0 Å². The van der Waals surface area contributed by atoms with Crippen molar-refractivity contribution >= 4 is 37.0 Å². The summed E-state index contributed by atoms with van der Waals surface area (Å²) in [7, 11) is -3.14. The molecule has 2 aliphatic heterocycles. The van der Waals surface area contributed by atoms with Gasteiger partial charge in [0, 0.05) is 6.42 Å². The van der Waals surface area contributed by atoms with Gasteiger partial charge in [-0.25, -0.2) is 23.5 Å². The molecule has 0 radical (unpaired) electrons. The van der Waals surface area contributed by atoms with E-state index < -0.39 is 56.1 Å². The molecule has 16 nitrogen and oxygen atoms in total. The number of amides is 1. The summed E-state index contributed by atoms with van der Waals surface area (Å²) < 4.78 is 69.2. The molecule has 0 bridgehead atoms. The number of halogens is 1. The van der Waals surface area contributed by atoms with Gasteiger partial charge in [-0.1, -0.05) is 12.1 Å². The standard InChI is InChI=1S/C27H34FN6O10P/c1-6-39-22-19-21(32-25(29)33-22)34(13-30-19)24-27(4,28)20-18(42-24)12-40-45(37,44-20)43-16-9-7-15(8-10-16)11-17(31-26(36)38-5)23(35)41-14(2)3/h7-10,13-14,17-18,20,24H,6,11-12H2,1-5H3,(H,31,36)(H2,29,32,33)/t17-,18+,20+,24+,27+,45?/m0/s1. The first-order valence-corrected chi connectivity index (χ1v) is 15.5. The molecular weight excluding hydrogens is 618 g/mol. The summed E-state index contributed by atoms with van der Waals surface area (Å²) in [5.74, 6) is -0.503. The van der Waals surface area contributed by atoms with Crippen LogP contribution in [0.15, 0.2) is 30.6 Å². The van der Waals surface area contributed by atoms with Gasteiger partial charge in [0.05, 0.1) is 32.8 Å². The van der Waals surface area contributed by atoms with Crippen molar-refractivity contribution in [1.29, 1.82) is 0 Å². The molecule has 0 aliphatic carbocycles. The molecule has 1 amide bonds. The van der Waals surface area contributed by atoms with E-state index in [0.29, 0.717) is 12.2 Å². The Hall–Kier alpha value is -4.05. The van der Waals surface area contributed by atoms with Crippen LogP contribution in [0.3, 0.4) is 0 Å². The Labute approximate surface area is 257 Å². The van der Waals surface area contributed by atoms with Crippen LogP contribution in [0.1, 0.15) is 39.5 Å². The summed E-state index contributed by atoms with van der Waals surface area (Å²) in [5, 5.41) is 2.45. The first kappa shape index (κ1) is 32.3. The van der Waals surface area contributed by atoms with Crippen LogP contribution in [0, 0.1) is 0 Å². The van der Waals surface area contributed by atoms with Crippen LogP contribution in [-0.4, -0.2) is 81.9 Å². The molecule has 6 atom stereocenters. The molecule has 1 aromatic carbocycles. The fraction of sp³-hybridized carbons (Fsp3) is 0.519. The fourth-order valence-corrected chi connectivity index (χ4v) is 6.45. The zero-order valence-electron chi connectivity index (χ0n) is 25.2. The lowest BCUT2D eigenvalue weighted by Crippen LogP contribution is -2.45. The van der Waals surface area contributed by atoms with Crippen molar-refractivity contribution in [1.82, 2.24) is 24.8 Å². The van der Waals surface area contributed by atoms with E-state index in [-0.39, 0.29) is 41.8 Å². The number of nitrogens with one attached hydrogen (secondary N) is 1. The fourth-order valence-electron chi connectivity index (χ4n) is 4.97. The number of carbonyl (C=O) groups is 2. The highest BCUT2D eigenvalue weighted by Crippen LogP contribution is 2.59. The van der Waals surface area contributed by atoms with Gasteiger partial charge in [0.1, 0.15) is 24.0 Å². The molecule has 5 rings (SSSR count). The van der Waals surface area contributed by atoms with E-state index in [9.17, 15) is 14.2 Å². The van der Waals surface area contributed by atoms with Gasteiger partial charge in [0.15, 0.2) is 23.1 Å². The van der Waals surface area contributed by atoms with Gasteiger partial charge in [0.25, 0.3) is 0 Å². The normalized spacial score (nSPS) is 26.7. The van der Waals surface area contributed by atoms with Crippen molar-refractivity contribution in [2.75, 3.05) is 26.1 Å². The van der Waals surface area contributed by atoms with Crippen molar-refractivity contribution in [3.8, 4) is 11.6 Å². The number of phosphoric ester groups is 1. The number of esters is 1. The Morgan fingerprint density at radius 3 is 2.67 bits per heavy atom. The molecule has 3 aromatic rings. The van der Waals surface area contributed by atoms with E-state index in [4.69, 9.17) is 33.5 Å². The smallest absolute Gasteiger partial charge is 0.476 e. The average Bonchev–Trinajstić information content (AvgIpc) is 3.50. The Kier molecular flexibility index (Phi) is 9.16. The van der Waals surface area contributed by atoms with Crippen molar-refractivity contribution in [2.45, 2.75) is 70.4 Å². The minimum Gasteiger partial charge on any atom is -0.476 e. The van der Waals surface area contributed by atoms with Crippen LogP contribution in [-0.2, 0) is 39.0 Å². The summed E-state index contributed by atoms with van der Waals surface area (Å²) in [5.41, 5.74) is 4.65. The number of nitrogens with two attached hydrogens (primary N) is 1. The number of nitrogen functional groups attached to an aromatic ring is 1. The van der Waals surface area contributed by atoms with Crippen LogP contribution in [0.25, 0.3) is 11.2 Å². The first-order chi connectivity index (χ1) is 21.3. The Morgan fingerprint density at radius 1 is 1.27 bits per heavy atom. The largest absolute Gasteiger partial charge is 0.530 e. The lowest BCUT2D eigenvalue weighted by molar-refractivity contribution is -0.149. The number of alkyl carbamates (subject to hydrolysis) is 1. The molecule has 0 spiro atoms. The third-order valence-electron chi connectivity index (χ3n) is 6.95. The Balaban J connectivity index is 1.29. The van der Waals surface area contributed by atoms with E-state index in [1.54, 1.807) is 32.9 Å². The number of imidazole rings is 1. The van der Waals surface area contributed by atoms with Crippen molar-refractivity contribution < 1.29 is 51.1 Å². The third kappa shape index (κ3) is 6.81. The van der Waals surface area contributed by atoms with Crippen LogP contribution in [0.4, 0.5) is 15.1 Å². The van der Waals surface area contributed by atoms with Crippen molar-refractivity contribution in [3.63, 3.8) is 0 Å². The number of methoxy groups -OCH3 is 1. The average molecular weight is 653 g/mol. The van der Waals surface area contributed by atoms with E-state index >= 15 is 4.39 Å². The molecule has 1 unspecified atom stereocenters. The summed E-state index contributed by atoms with van der Waals surface area (Å²) in [6, 6.07) is 5.09. The van der Waals surface area contributed by atoms with Gasteiger partial charge < -0.3 is 34.5 Å².